The second-order valence-electron chi connectivity index (χ2n) is 4.19. The van der Waals surface area contributed by atoms with Crippen LogP contribution in [0.3, 0.4) is 0 Å². The number of amides is 2. The predicted molar refractivity (Wildman–Crippen MR) is 57.3 cm³/mol. The summed E-state index contributed by atoms with van der Waals surface area (Å²) in [6.07, 6.45) is 2.99. The summed E-state index contributed by atoms with van der Waals surface area (Å²) in [5, 5.41) is 9.16. The van der Waals surface area contributed by atoms with Crippen molar-refractivity contribution in [1.82, 2.24) is 16.0 Å². The van der Waals surface area contributed by atoms with Gasteiger partial charge in [0.2, 0.25) is 0 Å². The van der Waals surface area contributed by atoms with E-state index in [1.54, 1.807) is 0 Å². The van der Waals surface area contributed by atoms with E-state index in [-0.39, 0.29) is 11.6 Å². The number of carbonyl (C=O) groups is 1. The Morgan fingerprint density at radius 1 is 1.43 bits per heavy atom. The minimum Gasteiger partial charge on any atom is -0.338 e. The van der Waals surface area contributed by atoms with E-state index >= 15 is 0 Å². The molecule has 1 aliphatic heterocycles. The Hall–Kier alpha value is -0.770. The Labute approximate surface area is 85.8 Å². The quantitative estimate of drug-likeness (QED) is 0.631. The van der Waals surface area contributed by atoms with Crippen LogP contribution in [0.1, 0.15) is 33.1 Å². The Balaban J connectivity index is 2.29. The molecule has 0 radical (unpaired) electrons. The molecule has 0 unspecified atom stereocenters. The first-order valence-electron chi connectivity index (χ1n) is 5.43. The van der Waals surface area contributed by atoms with Crippen LogP contribution in [0, 0.1) is 0 Å². The number of carbonyl (C=O) groups excluding carboxylic acids is 1. The molecule has 4 nitrogen and oxygen atoms in total. The van der Waals surface area contributed by atoms with E-state index in [2.05, 4.69) is 22.9 Å². The van der Waals surface area contributed by atoms with Gasteiger partial charge in [-0.25, -0.2) is 4.79 Å². The third-order valence-electron chi connectivity index (χ3n) is 2.66. The summed E-state index contributed by atoms with van der Waals surface area (Å²) in [6, 6.07) is -0.0312. The fourth-order valence-electron chi connectivity index (χ4n) is 1.66. The maximum atomic E-state index is 11.4. The highest BCUT2D eigenvalue weighted by atomic mass is 16.2. The SMILES string of the molecule is CCCNC(=O)NC1(C)CCNCC1. The first kappa shape index (κ1) is 11.3. The average Bonchev–Trinajstić information content (AvgIpc) is 2.15. The minimum absolute atomic E-state index is 0.0247. The molecule has 0 spiro atoms. The highest BCUT2D eigenvalue weighted by molar-refractivity contribution is 5.74. The zero-order chi connectivity index (χ0) is 10.4. The lowest BCUT2D eigenvalue weighted by molar-refractivity contribution is 0.214. The number of rotatable bonds is 3. The van der Waals surface area contributed by atoms with Crippen molar-refractivity contribution in [2.24, 2.45) is 0 Å². The van der Waals surface area contributed by atoms with Crippen LogP contribution in [0.5, 0.6) is 0 Å². The van der Waals surface area contributed by atoms with E-state index in [1.165, 1.54) is 0 Å². The molecular formula is C10H21N3O. The molecule has 0 aromatic rings. The van der Waals surface area contributed by atoms with Crippen LogP contribution in [0.2, 0.25) is 0 Å². The van der Waals surface area contributed by atoms with Crippen molar-refractivity contribution in [2.75, 3.05) is 19.6 Å². The van der Waals surface area contributed by atoms with Crippen molar-refractivity contribution in [3.05, 3.63) is 0 Å². The van der Waals surface area contributed by atoms with Crippen molar-refractivity contribution in [1.29, 1.82) is 0 Å². The monoisotopic (exact) mass is 199 g/mol. The molecule has 0 bridgehead atoms. The number of nitrogens with one attached hydrogen (secondary N) is 3. The van der Waals surface area contributed by atoms with Gasteiger partial charge in [-0.3, -0.25) is 0 Å². The maximum absolute atomic E-state index is 11.4. The molecule has 0 atom stereocenters. The first-order chi connectivity index (χ1) is 6.66. The lowest BCUT2D eigenvalue weighted by Gasteiger charge is -2.34. The normalized spacial score (nSPS) is 20.1. The number of urea groups is 1. The van der Waals surface area contributed by atoms with E-state index in [9.17, 15) is 4.79 Å². The van der Waals surface area contributed by atoms with Crippen molar-refractivity contribution < 1.29 is 4.79 Å². The third-order valence-corrected chi connectivity index (χ3v) is 2.66. The molecule has 14 heavy (non-hydrogen) atoms. The summed E-state index contributed by atoms with van der Waals surface area (Å²) in [5.41, 5.74) is -0.0247. The maximum Gasteiger partial charge on any atom is 0.315 e. The smallest absolute Gasteiger partial charge is 0.315 e. The van der Waals surface area contributed by atoms with Gasteiger partial charge in [0, 0.05) is 12.1 Å². The summed E-state index contributed by atoms with van der Waals surface area (Å²) in [4.78, 5) is 11.4. The van der Waals surface area contributed by atoms with Crippen LogP contribution >= 0.6 is 0 Å². The van der Waals surface area contributed by atoms with Gasteiger partial charge in [0.15, 0.2) is 0 Å². The Bertz CT molecular complexity index is 188. The molecular weight excluding hydrogens is 178 g/mol. The zero-order valence-electron chi connectivity index (χ0n) is 9.15. The highest BCUT2D eigenvalue weighted by Gasteiger charge is 2.27. The second-order valence-corrected chi connectivity index (χ2v) is 4.19. The van der Waals surface area contributed by atoms with E-state index in [1.807, 2.05) is 6.92 Å². The van der Waals surface area contributed by atoms with Gasteiger partial charge in [-0.1, -0.05) is 6.92 Å². The number of hydrogen-bond acceptors (Lipinski definition) is 2. The van der Waals surface area contributed by atoms with Crippen LogP contribution in [0.15, 0.2) is 0 Å². The van der Waals surface area contributed by atoms with Crippen LogP contribution in [-0.2, 0) is 0 Å². The third kappa shape index (κ3) is 3.54. The van der Waals surface area contributed by atoms with E-state index in [0.29, 0.717) is 0 Å². The molecule has 0 aliphatic carbocycles. The molecule has 0 aromatic carbocycles. The van der Waals surface area contributed by atoms with Crippen LogP contribution in [0.25, 0.3) is 0 Å². The molecule has 82 valence electrons. The summed E-state index contributed by atoms with van der Waals surface area (Å²) in [7, 11) is 0. The fraction of sp³-hybridized carbons (Fsp3) is 0.900. The summed E-state index contributed by atoms with van der Waals surface area (Å²) in [6.45, 7) is 6.89. The molecule has 3 N–H and O–H groups in total. The molecule has 1 rings (SSSR count). The lowest BCUT2D eigenvalue weighted by atomic mass is 9.91. The van der Waals surface area contributed by atoms with Gasteiger partial charge in [-0.05, 0) is 39.3 Å². The van der Waals surface area contributed by atoms with Gasteiger partial charge in [0.1, 0.15) is 0 Å². The van der Waals surface area contributed by atoms with Gasteiger partial charge in [0.25, 0.3) is 0 Å². The minimum atomic E-state index is -0.0312. The summed E-state index contributed by atoms with van der Waals surface area (Å²) < 4.78 is 0. The lowest BCUT2D eigenvalue weighted by Crippen LogP contribution is -2.55. The van der Waals surface area contributed by atoms with Gasteiger partial charge >= 0.3 is 6.03 Å². The Morgan fingerprint density at radius 2 is 2.07 bits per heavy atom. The molecule has 0 aromatic heterocycles. The summed E-state index contributed by atoms with van der Waals surface area (Å²) >= 11 is 0. The molecule has 2 amide bonds. The molecule has 1 aliphatic rings. The van der Waals surface area contributed by atoms with Crippen molar-refractivity contribution >= 4 is 6.03 Å². The Morgan fingerprint density at radius 3 is 2.64 bits per heavy atom. The van der Waals surface area contributed by atoms with E-state index in [4.69, 9.17) is 0 Å². The van der Waals surface area contributed by atoms with Gasteiger partial charge in [0.05, 0.1) is 0 Å². The van der Waals surface area contributed by atoms with E-state index in [0.717, 1.165) is 38.9 Å². The van der Waals surface area contributed by atoms with Gasteiger partial charge < -0.3 is 16.0 Å². The first-order valence-corrected chi connectivity index (χ1v) is 5.43. The molecule has 0 saturated carbocycles. The zero-order valence-corrected chi connectivity index (χ0v) is 9.15. The molecule has 4 heteroatoms. The highest BCUT2D eigenvalue weighted by Crippen LogP contribution is 2.16. The average molecular weight is 199 g/mol. The molecule has 1 heterocycles. The van der Waals surface area contributed by atoms with Crippen molar-refractivity contribution in [2.45, 2.75) is 38.6 Å². The van der Waals surface area contributed by atoms with Crippen LogP contribution in [-0.4, -0.2) is 31.2 Å². The standard InChI is InChI=1S/C10H21N3O/c1-3-6-12-9(14)13-10(2)4-7-11-8-5-10/h11H,3-8H2,1-2H3,(H2,12,13,14). The van der Waals surface area contributed by atoms with Crippen LogP contribution < -0.4 is 16.0 Å². The van der Waals surface area contributed by atoms with Crippen molar-refractivity contribution in [3.63, 3.8) is 0 Å². The van der Waals surface area contributed by atoms with Crippen molar-refractivity contribution in [3.8, 4) is 0 Å². The predicted octanol–water partition coefficient (Wildman–Crippen LogP) is 0.838. The number of hydrogen-bond donors (Lipinski definition) is 3. The summed E-state index contributed by atoms with van der Waals surface area (Å²) in [5.74, 6) is 0. The fourth-order valence-corrected chi connectivity index (χ4v) is 1.66. The largest absolute Gasteiger partial charge is 0.338 e. The number of piperidine rings is 1. The topological polar surface area (TPSA) is 53.2 Å². The van der Waals surface area contributed by atoms with Crippen LogP contribution in [0.4, 0.5) is 4.79 Å². The second kappa shape index (κ2) is 5.20. The molecule has 1 fully saturated rings. The van der Waals surface area contributed by atoms with Gasteiger partial charge in [-0.15, -0.1) is 0 Å². The van der Waals surface area contributed by atoms with E-state index < -0.39 is 0 Å². The van der Waals surface area contributed by atoms with Gasteiger partial charge in [-0.2, -0.15) is 0 Å². The molecule has 1 saturated heterocycles. The Kier molecular flexibility index (Phi) is 4.20.